The Bertz CT molecular complexity index is 874. The van der Waals surface area contributed by atoms with Crippen LogP contribution < -0.4 is 5.32 Å². The van der Waals surface area contributed by atoms with E-state index in [9.17, 15) is 14.9 Å². The number of nitrogens with one attached hydrogen (secondary N) is 1. The van der Waals surface area contributed by atoms with Gasteiger partial charge in [-0.25, -0.2) is 0 Å². The van der Waals surface area contributed by atoms with Crippen molar-refractivity contribution < 1.29 is 9.72 Å². The highest BCUT2D eigenvalue weighted by atomic mass is 16.6. The Balaban J connectivity index is 1.61. The molecule has 0 fully saturated rings. The highest BCUT2D eigenvalue weighted by Crippen LogP contribution is 2.15. The Morgan fingerprint density at radius 1 is 1.12 bits per heavy atom. The first kappa shape index (κ1) is 16.4. The number of hydrogen-bond acceptors (Lipinski definition) is 4. The summed E-state index contributed by atoms with van der Waals surface area (Å²) in [4.78, 5) is 22.3. The van der Waals surface area contributed by atoms with Crippen LogP contribution in [0.25, 0.3) is 0 Å². The lowest BCUT2D eigenvalue weighted by Gasteiger charge is -2.08. The van der Waals surface area contributed by atoms with E-state index in [1.54, 1.807) is 23.0 Å². The number of nitro groups is 1. The maximum atomic E-state index is 12.2. The number of anilines is 1. The number of aromatic nitrogens is 2. The molecule has 0 atom stereocenters. The van der Waals surface area contributed by atoms with E-state index in [1.165, 1.54) is 12.1 Å². The molecule has 0 radical (unpaired) electrons. The monoisotopic (exact) mass is 336 g/mol. The summed E-state index contributed by atoms with van der Waals surface area (Å²) in [6.07, 6.45) is 3.75. The van der Waals surface area contributed by atoms with Crippen molar-refractivity contribution in [2.45, 2.75) is 13.0 Å². The zero-order valence-electron chi connectivity index (χ0n) is 13.3. The van der Waals surface area contributed by atoms with Gasteiger partial charge in [-0.05, 0) is 29.3 Å². The average molecular weight is 336 g/mol. The van der Waals surface area contributed by atoms with Crippen molar-refractivity contribution in [3.8, 4) is 0 Å². The van der Waals surface area contributed by atoms with E-state index in [2.05, 4.69) is 10.4 Å². The summed E-state index contributed by atoms with van der Waals surface area (Å²) in [5.41, 5.74) is 2.46. The molecule has 0 saturated heterocycles. The number of carbonyl (C=O) groups excluding carboxylic acids is 1. The largest absolute Gasteiger partial charge is 0.326 e. The number of benzene rings is 2. The van der Waals surface area contributed by atoms with E-state index < -0.39 is 4.92 Å². The second kappa shape index (κ2) is 7.39. The van der Waals surface area contributed by atoms with Crippen LogP contribution in [0, 0.1) is 10.1 Å². The molecule has 25 heavy (non-hydrogen) atoms. The summed E-state index contributed by atoms with van der Waals surface area (Å²) in [5, 5.41) is 17.6. The highest BCUT2D eigenvalue weighted by molar-refractivity contribution is 5.92. The molecular formula is C18H16N4O3. The summed E-state index contributed by atoms with van der Waals surface area (Å²) >= 11 is 0. The van der Waals surface area contributed by atoms with Crippen LogP contribution in [0.5, 0.6) is 0 Å². The maximum absolute atomic E-state index is 12.2. The molecule has 1 amide bonds. The molecule has 7 heteroatoms. The van der Waals surface area contributed by atoms with Crippen molar-refractivity contribution in [3.05, 3.63) is 88.2 Å². The van der Waals surface area contributed by atoms with Crippen molar-refractivity contribution in [1.82, 2.24) is 9.78 Å². The Labute approximate surface area is 144 Å². The summed E-state index contributed by atoms with van der Waals surface area (Å²) in [7, 11) is 0. The fraction of sp³-hybridized carbons (Fsp3) is 0.111. The topological polar surface area (TPSA) is 90.1 Å². The van der Waals surface area contributed by atoms with Crippen LogP contribution in [0.3, 0.4) is 0 Å². The molecule has 1 N–H and O–H groups in total. The van der Waals surface area contributed by atoms with Gasteiger partial charge in [0.2, 0.25) is 5.91 Å². The zero-order valence-corrected chi connectivity index (χ0v) is 13.3. The molecular weight excluding hydrogens is 320 g/mol. The highest BCUT2D eigenvalue weighted by Gasteiger charge is 2.08. The van der Waals surface area contributed by atoms with Crippen LogP contribution in [0.4, 0.5) is 11.4 Å². The van der Waals surface area contributed by atoms with Gasteiger partial charge < -0.3 is 5.32 Å². The third-order valence-electron chi connectivity index (χ3n) is 3.63. The van der Waals surface area contributed by atoms with Gasteiger partial charge in [0, 0.05) is 30.2 Å². The molecule has 3 aromatic rings. The number of non-ortho nitro benzene ring substituents is 1. The summed E-state index contributed by atoms with van der Waals surface area (Å²) in [6.45, 7) is 0.624. The van der Waals surface area contributed by atoms with E-state index >= 15 is 0 Å². The van der Waals surface area contributed by atoms with Crippen molar-refractivity contribution in [2.24, 2.45) is 0 Å². The van der Waals surface area contributed by atoms with Gasteiger partial charge >= 0.3 is 0 Å². The van der Waals surface area contributed by atoms with Crippen LogP contribution in [-0.2, 0) is 17.8 Å². The molecule has 7 nitrogen and oxygen atoms in total. The number of carbonyl (C=O) groups is 1. The molecule has 0 saturated carbocycles. The molecule has 0 spiro atoms. The predicted octanol–water partition coefficient (Wildman–Crippen LogP) is 3.02. The fourth-order valence-electron chi connectivity index (χ4n) is 2.45. The Morgan fingerprint density at radius 2 is 1.92 bits per heavy atom. The first-order chi connectivity index (χ1) is 12.1. The minimum Gasteiger partial charge on any atom is -0.326 e. The van der Waals surface area contributed by atoms with Gasteiger partial charge in [-0.1, -0.05) is 24.3 Å². The van der Waals surface area contributed by atoms with Crippen LogP contribution in [-0.4, -0.2) is 20.6 Å². The van der Waals surface area contributed by atoms with Gasteiger partial charge in [0.05, 0.1) is 17.9 Å². The molecule has 0 aliphatic rings. The smallest absolute Gasteiger partial charge is 0.269 e. The first-order valence-corrected chi connectivity index (χ1v) is 7.70. The number of nitrogens with zero attached hydrogens (tertiary/aromatic N) is 3. The molecule has 0 bridgehead atoms. The summed E-state index contributed by atoms with van der Waals surface area (Å²) in [6, 6.07) is 15.4. The number of rotatable bonds is 6. The standard InChI is InChI=1S/C18H16N4O3/c23-18(12-14-5-7-17(8-6-14)22(24)25)20-16-4-1-3-15(11-16)13-21-10-2-9-19-21/h1-11H,12-13H2,(H,20,23). The van der Waals surface area contributed by atoms with Gasteiger partial charge in [-0.2, -0.15) is 5.10 Å². The summed E-state index contributed by atoms with van der Waals surface area (Å²) < 4.78 is 1.80. The fourth-order valence-corrected chi connectivity index (χ4v) is 2.45. The molecule has 1 aromatic heterocycles. The van der Waals surface area contributed by atoms with E-state index in [-0.39, 0.29) is 18.0 Å². The van der Waals surface area contributed by atoms with E-state index in [4.69, 9.17) is 0 Å². The van der Waals surface area contributed by atoms with Crippen molar-refractivity contribution in [2.75, 3.05) is 5.32 Å². The average Bonchev–Trinajstić information content (AvgIpc) is 3.08. The third kappa shape index (κ3) is 4.51. The van der Waals surface area contributed by atoms with Gasteiger partial charge in [0.1, 0.15) is 0 Å². The SMILES string of the molecule is O=C(Cc1ccc([N+](=O)[O-])cc1)Nc1cccc(Cn2cccn2)c1. The van der Waals surface area contributed by atoms with Crippen molar-refractivity contribution in [1.29, 1.82) is 0 Å². The van der Waals surface area contributed by atoms with Crippen LogP contribution in [0.2, 0.25) is 0 Å². The number of amides is 1. The van der Waals surface area contributed by atoms with E-state index in [0.717, 1.165) is 11.1 Å². The molecule has 126 valence electrons. The van der Waals surface area contributed by atoms with E-state index in [1.807, 2.05) is 36.5 Å². The normalized spacial score (nSPS) is 10.4. The molecule has 3 rings (SSSR count). The Hall–Kier alpha value is -3.48. The number of hydrogen-bond donors (Lipinski definition) is 1. The lowest BCUT2D eigenvalue weighted by molar-refractivity contribution is -0.384. The third-order valence-corrected chi connectivity index (χ3v) is 3.63. The van der Waals surface area contributed by atoms with Gasteiger partial charge in [-0.3, -0.25) is 19.6 Å². The van der Waals surface area contributed by atoms with Crippen molar-refractivity contribution in [3.63, 3.8) is 0 Å². The van der Waals surface area contributed by atoms with E-state index in [0.29, 0.717) is 12.2 Å². The molecule has 0 aliphatic heterocycles. The number of nitro benzene ring substituents is 1. The van der Waals surface area contributed by atoms with Gasteiger partial charge in [0.25, 0.3) is 5.69 Å². The second-order valence-corrected chi connectivity index (χ2v) is 5.55. The quantitative estimate of drug-likeness (QED) is 0.553. The Morgan fingerprint density at radius 3 is 2.60 bits per heavy atom. The van der Waals surface area contributed by atoms with Crippen LogP contribution in [0.15, 0.2) is 67.0 Å². The molecule has 1 heterocycles. The molecule has 2 aromatic carbocycles. The first-order valence-electron chi connectivity index (χ1n) is 7.70. The maximum Gasteiger partial charge on any atom is 0.269 e. The molecule has 0 aliphatic carbocycles. The van der Waals surface area contributed by atoms with Gasteiger partial charge in [-0.15, -0.1) is 0 Å². The summed E-state index contributed by atoms with van der Waals surface area (Å²) in [5.74, 6) is -0.176. The lowest BCUT2D eigenvalue weighted by Crippen LogP contribution is -2.14. The van der Waals surface area contributed by atoms with Crippen LogP contribution in [0.1, 0.15) is 11.1 Å². The van der Waals surface area contributed by atoms with Gasteiger partial charge in [0.15, 0.2) is 0 Å². The predicted molar refractivity (Wildman–Crippen MR) is 93.2 cm³/mol. The minimum absolute atomic E-state index is 0.00970. The second-order valence-electron chi connectivity index (χ2n) is 5.55. The minimum atomic E-state index is -0.463. The van der Waals surface area contributed by atoms with Crippen molar-refractivity contribution >= 4 is 17.3 Å². The zero-order chi connectivity index (χ0) is 17.6. The van der Waals surface area contributed by atoms with Crippen LogP contribution >= 0.6 is 0 Å². The Kier molecular flexibility index (Phi) is 4.84. The molecule has 0 unspecified atom stereocenters. The lowest BCUT2D eigenvalue weighted by atomic mass is 10.1.